The van der Waals surface area contributed by atoms with Crippen LogP contribution in [0.4, 0.5) is 0 Å². The fourth-order valence-electron chi connectivity index (χ4n) is 2.96. The van der Waals surface area contributed by atoms with Gasteiger partial charge in [0.15, 0.2) is 11.5 Å². The van der Waals surface area contributed by atoms with Crippen molar-refractivity contribution in [2.24, 2.45) is 5.92 Å². The summed E-state index contributed by atoms with van der Waals surface area (Å²) in [5, 5.41) is 11.7. The third-order valence-corrected chi connectivity index (χ3v) is 4.44. The first-order valence-corrected chi connectivity index (χ1v) is 7.91. The SMILES string of the molecule is COc1ccc(C(=O)NCC(=O)N2CCC(C(=O)O)C2C)cc1OC. The van der Waals surface area contributed by atoms with Gasteiger partial charge in [-0.1, -0.05) is 0 Å². The van der Waals surface area contributed by atoms with Gasteiger partial charge in [0.05, 0.1) is 26.7 Å². The number of methoxy groups -OCH3 is 2. The molecule has 2 N–H and O–H groups in total. The van der Waals surface area contributed by atoms with E-state index in [0.29, 0.717) is 30.0 Å². The number of nitrogens with one attached hydrogen (secondary N) is 1. The van der Waals surface area contributed by atoms with Gasteiger partial charge in [-0.05, 0) is 31.5 Å². The Morgan fingerprint density at radius 1 is 1.24 bits per heavy atom. The molecule has 25 heavy (non-hydrogen) atoms. The molecule has 136 valence electrons. The van der Waals surface area contributed by atoms with Crippen molar-refractivity contribution in [2.75, 3.05) is 27.3 Å². The predicted octanol–water partition coefficient (Wildman–Crippen LogP) is 0.755. The second kappa shape index (κ2) is 7.87. The highest BCUT2D eigenvalue weighted by molar-refractivity contribution is 5.97. The van der Waals surface area contributed by atoms with Gasteiger partial charge in [-0.2, -0.15) is 0 Å². The van der Waals surface area contributed by atoms with E-state index in [1.807, 2.05) is 0 Å². The Morgan fingerprint density at radius 3 is 2.48 bits per heavy atom. The largest absolute Gasteiger partial charge is 0.493 e. The van der Waals surface area contributed by atoms with Crippen molar-refractivity contribution in [1.82, 2.24) is 10.2 Å². The van der Waals surface area contributed by atoms with E-state index in [2.05, 4.69) is 5.32 Å². The summed E-state index contributed by atoms with van der Waals surface area (Å²) >= 11 is 0. The maximum absolute atomic E-state index is 12.3. The van der Waals surface area contributed by atoms with E-state index >= 15 is 0 Å². The van der Waals surface area contributed by atoms with Crippen LogP contribution in [0.5, 0.6) is 11.5 Å². The molecule has 0 radical (unpaired) electrons. The lowest BCUT2D eigenvalue weighted by molar-refractivity contribution is -0.143. The van der Waals surface area contributed by atoms with Crippen molar-refractivity contribution in [3.05, 3.63) is 23.8 Å². The lowest BCUT2D eigenvalue weighted by Crippen LogP contribution is -2.43. The van der Waals surface area contributed by atoms with Crippen LogP contribution in [0.1, 0.15) is 23.7 Å². The van der Waals surface area contributed by atoms with Gasteiger partial charge >= 0.3 is 5.97 Å². The Labute approximate surface area is 145 Å². The molecule has 2 rings (SSSR count). The smallest absolute Gasteiger partial charge is 0.308 e. The summed E-state index contributed by atoms with van der Waals surface area (Å²) in [6.45, 7) is 1.90. The first-order chi connectivity index (χ1) is 11.9. The Kier molecular flexibility index (Phi) is 5.84. The van der Waals surface area contributed by atoms with Gasteiger partial charge in [-0.25, -0.2) is 0 Å². The quantitative estimate of drug-likeness (QED) is 0.785. The van der Waals surface area contributed by atoms with Crippen LogP contribution < -0.4 is 14.8 Å². The maximum atomic E-state index is 12.3. The van der Waals surface area contributed by atoms with E-state index in [4.69, 9.17) is 14.6 Å². The van der Waals surface area contributed by atoms with Gasteiger partial charge in [-0.15, -0.1) is 0 Å². The summed E-state index contributed by atoms with van der Waals surface area (Å²) in [6, 6.07) is 4.32. The number of ether oxygens (including phenoxy) is 2. The van der Waals surface area contributed by atoms with Crippen LogP contribution >= 0.6 is 0 Å². The van der Waals surface area contributed by atoms with Crippen LogP contribution in [0, 0.1) is 5.92 Å². The van der Waals surface area contributed by atoms with Crippen LogP contribution in [0.2, 0.25) is 0 Å². The number of aliphatic carboxylic acids is 1. The molecule has 0 saturated carbocycles. The number of rotatable bonds is 6. The zero-order valence-corrected chi connectivity index (χ0v) is 14.4. The van der Waals surface area contributed by atoms with E-state index in [1.54, 1.807) is 19.1 Å². The summed E-state index contributed by atoms with van der Waals surface area (Å²) in [6.07, 6.45) is 0.422. The van der Waals surface area contributed by atoms with Crippen LogP contribution in [-0.2, 0) is 9.59 Å². The topological polar surface area (TPSA) is 105 Å². The van der Waals surface area contributed by atoms with Crippen LogP contribution in [-0.4, -0.2) is 61.1 Å². The van der Waals surface area contributed by atoms with Crippen molar-refractivity contribution in [3.8, 4) is 11.5 Å². The maximum Gasteiger partial charge on any atom is 0.308 e. The van der Waals surface area contributed by atoms with Crippen molar-refractivity contribution in [2.45, 2.75) is 19.4 Å². The molecule has 1 aromatic carbocycles. The number of amides is 2. The second-order valence-electron chi connectivity index (χ2n) is 5.81. The average Bonchev–Trinajstić information content (AvgIpc) is 3.00. The summed E-state index contributed by atoms with van der Waals surface area (Å²) < 4.78 is 10.3. The lowest BCUT2D eigenvalue weighted by Gasteiger charge is -2.23. The molecule has 1 heterocycles. The van der Waals surface area contributed by atoms with Gasteiger partial charge in [0.25, 0.3) is 5.91 Å². The third kappa shape index (κ3) is 4.01. The normalized spacial score (nSPS) is 19.4. The molecule has 1 aliphatic rings. The highest BCUT2D eigenvalue weighted by Gasteiger charge is 2.37. The summed E-state index contributed by atoms with van der Waals surface area (Å²) in [4.78, 5) is 37.1. The number of hydrogen-bond donors (Lipinski definition) is 2. The molecule has 1 aliphatic heterocycles. The van der Waals surface area contributed by atoms with Gasteiger partial charge in [0.2, 0.25) is 5.91 Å². The molecule has 8 nitrogen and oxygen atoms in total. The minimum Gasteiger partial charge on any atom is -0.493 e. The summed E-state index contributed by atoms with van der Waals surface area (Å²) in [7, 11) is 2.97. The predicted molar refractivity (Wildman–Crippen MR) is 88.8 cm³/mol. The van der Waals surface area contributed by atoms with E-state index < -0.39 is 17.8 Å². The van der Waals surface area contributed by atoms with Crippen molar-refractivity contribution in [1.29, 1.82) is 0 Å². The number of nitrogens with zero attached hydrogens (tertiary/aromatic N) is 1. The third-order valence-electron chi connectivity index (χ3n) is 4.44. The molecule has 2 unspecified atom stereocenters. The number of benzene rings is 1. The fourth-order valence-corrected chi connectivity index (χ4v) is 2.96. The number of carbonyl (C=O) groups excluding carboxylic acids is 2. The Hall–Kier alpha value is -2.77. The van der Waals surface area contributed by atoms with Crippen molar-refractivity contribution >= 4 is 17.8 Å². The van der Waals surface area contributed by atoms with Crippen LogP contribution in [0.25, 0.3) is 0 Å². The number of carbonyl (C=O) groups is 3. The number of hydrogen-bond acceptors (Lipinski definition) is 5. The Bertz CT molecular complexity index is 675. The molecule has 2 amide bonds. The molecule has 2 atom stereocenters. The molecular weight excluding hydrogens is 328 g/mol. The van der Waals surface area contributed by atoms with Crippen molar-refractivity contribution in [3.63, 3.8) is 0 Å². The number of likely N-dealkylation sites (tertiary alicyclic amines) is 1. The standard InChI is InChI=1S/C17H22N2O6/c1-10-12(17(22)23)6-7-19(10)15(20)9-18-16(21)11-4-5-13(24-2)14(8-11)25-3/h4-5,8,10,12H,6-7,9H2,1-3H3,(H,18,21)(H,22,23). The monoisotopic (exact) mass is 350 g/mol. The first-order valence-electron chi connectivity index (χ1n) is 7.91. The molecule has 8 heteroatoms. The minimum absolute atomic E-state index is 0.191. The molecule has 1 saturated heterocycles. The number of carboxylic acids is 1. The van der Waals surface area contributed by atoms with Crippen LogP contribution in [0.15, 0.2) is 18.2 Å². The molecule has 0 aromatic heterocycles. The molecular formula is C17H22N2O6. The summed E-state index contributed by atoms with van der Waals surface area (Å²) in [5.74, 6) is -1.27. The second-order valence-corrected chi connectivity index (χ2v) is 5.81. The van der Waals surface area contributed by atoms with E-state index in [0.717, 1.165) is 0 Å². The van der Waals surface area contributed by atoms with Crippen LogP contribution in [0.3, 0.4) is 0 Å². The first kappa shape index (κ1) is 18.6. The van der Waals surface area contributed by atoms with Gasteiger partial charge < -0.3 is 24.8 Å². The number of carboxylic acid groups (broad SMARTS) is 1. The van der Waals surface area contributed by atoms with Gasteiger partial charge in [0.1, 0.15) is 0 Å². The average molecular weight is 350 g/mol. The Morgan fingerprint density at radius 2 is 1.92 bits per heavy atom. The van der Waals surface area contributed by atoms with E-state index in [1.165, 1.54) is 25.2 Å². The van der Waals surface area contributed by atoms with Gasteiger partial charge in [-0.3, -0.25) is 14.4 Å². The highest BCUT2D eigenvalue weighted by atomic mass is 16.5. The Balaban J connectivity index is 1.96. The fraction of sp³-hybridized carbons (Fsp3) is 0.471. The molecule has 0 bridgehead atoms. The molecule has 1 fully saturated rings. The minimum atomic E-state index is -0.905. The van der Waals surface area contributed by atoms with E-state index in [-0.39, 0.29) is 18.5 Å². The van der Waals surface area contributed by atoms with Crippen molar-refractivity contribution < 1.29 is 29.0 Å². The molecule has 1 aromatic rings. The molecule has 0 spiro atoms. The zero-order chi connectivity index (χ0) is 18.6. The highest BCUT2D eigenvalue weighted by Crippen LogP contribution is 2.27. The van der Waals surface area contributed by atoms with E-state index in [9.17, 15) is 14.4 Å². The van der Waals surface area contributed by atoms with Gasteiger partial charge in [0, 0.05) is 18.2 Å². The lowest BCUT2D eigenvalue weighted by atomic mass is 10.0. The molecule has 0 aliphatic carbocycles. The summed E-state index contributed by atoms with van der Waals surface area (Å²) in [5.41, 5.74) is 0.336. The zero-order valence-electron chi connectivity index (χ0n) is 14.4.